The first-order valence-corrected chi connectivity index (χ1v) is 7.65. The maximum absolute atomic E-state index is 4.40. The van der Waals surface area contributed by atoms with Crippen LogP contribution in [0.1, 0.15) is 25.0 Å². The Bertz CT molecular complexity index is 546. The van der Waals surface area contributed by atoms with E-state index in [-0.39, 0.29) is 0 Å². The summed E-state index contributed by atoms with van der Waals surface area (Å²) in [6.07, 6.45) is 3.93. The van der Waals surface area contributed by atoms with E-state index in [9.17, 15) is 0 Å². The zero-order chi connectivity index (χ0) is 13.8. The van der Waals surface area contributed by atoms with E-state index in [0.29, 0.717) is 5.92 Å². The smallest absolute Gasteiger partial charge is 0.0691 e. The number of rotatable bonds is 5. The van der Waals surface area contributed by atoms with Crippen LogP contribution < -0.4 is 5.32 Å². The second kappa shape index (κ2) is 6.52. The molecule has 1 aromatic carbocycles. The molecule has 1 N–H and O–H groups in total. The zero-order valence-corrected chi connectivity index (χ0v) is 13.8. The SMILES string of the molecule is Cc1ccc(-n2cc(I)cn2)c(CNCC(C)C)c1. The molecule has 1 heterocycles. The van der Waals surface area contributed by atoms with Gasteiger partial charge in [0.2, 0.25) is 0 Å². The summed E-state index contributed by atoms with van der Waals surface area (Å²) in [6.45, 7) is 8.48. The molecule has 19 heavy (non-hydrogen) atoms. The molecule has 0 aliphatic carbocycles. The second-order valence-electron chi connectivity index (χ2n) is 5.26. The predicted molar refractivity (Wildman–Crippen MR) is 87.6 cm³/mol. The van der Waals surface area contributed by atoms with Gasteiger partial charge in [0.05, 0.1) is 15.5 Å². The molecule has 0 atom stereocenters. The van der Waals surface area contributed by atoms with Gasteiger partial charge < -0.3 is 5.32 Å². The number of nitrogens with one attached hydrogen (secondary N) is 1. The lowest BCUT2D eigenvalue weighted by Crippen LogP contribution is -2.20. The Hall–Kier alpha value is -0.880. The Balaban J connectivity index is 2.23. The molecule has 0 aliphatic heterocycles. The molecule has 1 aromatic heterocycles. The topological polar surface area (TPSA) is 29.9 Å². The second-order valence-corrected chi connectivity index (χ2v) is 6.51. The van der Waals surface area contributed by atoms with Crippen LogP contribution >= 0.6 is 22.6 Å². The van der Waals surface area contributed by atoms with Crippen LogP contribution in [0.3, 0.4) is 0 Å². The molecule has 4 heteroatoms. The highest BCUT2D eigenvalue weighted by molar-refractivity contribution is 14.1. The van der Waals surface area contributed by atoms with Crippen LogP contribution in [0.2, 0.25) is 0 Å². The Morgan fingerprint density at radius 1 is 1.37 bits per heavy atom. The molecule has 0 fully saturated rings. The number of nitrogens with zero attached hydrogens (tertiary/aromatic N) is 2. The monoisotopic (exact) mass is 369 g/mol. The molecule has 0 bridgehead atoms. The van der Waals surface area contributed by atoms with Gasteiger partial charge in [0.1, 0.15) is 0 Å². The van der Waals surface area contributed by atoms with Crippen LogP contribution in [0.15, 0.2) is 30.6 Å². The Morgan fingerprint density at radius 2 is 2.16 bits per heavy atom. The Morgan fingerprint density at radius 3 is 2.79 bits per heavy atom. The fourth-order valence-corrected chi connectivity index (χ4v) is 2.40. The van der Waals surface area contributed by atoms with Crippen molar-refractivity contribution in [1.82, 2.24) is 15.1 Å². The van der Waals surface area contributed by atoms with Crippen molar-refractivity contribution in [3.05, 3.63) is 45.3 Å². The lowest BCUT2D eigenvalue weighted by Gasteiger charge is -2.13. The van der Waals surface area contributed by atoms with E-state index in [0.717, 1.165) is 22.3 Å². The van der Waals surface area contributed by atoms with Crippen LogP contribution in [-0.4, -0.2) is 16.3 Å². The summed E-state index contributed by atoms with van der Waals surface area (Å²) in [5.41, 5.74) is 3.73. The van der Waals surface area contributed by atoms with Crippen molar-refractivity contribution >= 4 is 22.6 Å². The largest absolute Gasteiger partial charge is 0.312 e. The van der Waals surface area contributed by atoms with Gasteiger partial charge in [0.25, 0.3) is 0 Å². The summed E-state index contributed by atoms with van der Waals surface area (Å²) >= 11 is 2.28. The number of benzene rings is 1. The summed E-state index contributed by atoms with van der Waals surface area (Å²) in [4.78, 5) is 0. The van der Waals surface area contributed by atoms with Gasteiger partial charge in [-0.3, -0.25) is 0 Å². The van der Waals surface area contributed by atoms with E-state index < -0.39 is 0 Å². The fourth-order valence-electron chi connectivity index (χ4n) is 2.01. The van der Waals surface area contributed by atoms with E-state index in [1.54, 1.807) is 0 Å². The number of aryl methyl sites for hydroxylation is 1. The number of hydrogen-bond donors (Lipinski definition) is 1. The van der Waals surface area contributed by atoms with Crippen LogP contribution in [-0.2, 0) is 6.54 Å². The minimum Gasteiger partial charge on any atom is -0.312 e. The third kappa shape index (κ3) is 4.04. The maximum atomic E-state index is 4.40. The number of aromatic nitrogens is 2. The standard InChI is InChI=1S/C15H20IN3/c1-11(2)7-17-8-13-6-12(3)4-5-15(13)19-10-14(16)9-18-19/h4-6,9-11,17H,7-8H2,1-3H3. The summed E-state index contributed by atoms with van der Waals surface area (Å²) in [7, 11) is 0. The number of hydrogen-bond acceptors (Lipinski definition) is 2. The van der Waals surface area contributed by atoms with Crippen molar-refractivity contribution in [2.24, 2.45) is 5.92 Å². The molecular weight excluding hydrogens is 349 g/mol. The zero-order valence-electron chi connectivity index (χ0n) is 11.7. The molecule has 102 valence electrons. The van der Waals surface area contributed by atoms with Crippen molar-refractivity contribution < 1.29 is 0 Å². The summed E-state index contributed by atoms with van der Waals surface area (Å²) in [5.74, 6) is 0.666. The van der Waals surface area contributed by atoms with Crippen LogP contribution in [0.25, 0.3) is 5.69 Å². The Kier molecular flexibility index (Phi) is 4.99. The highest BCUT2D eigenvalue weighted by Gasteiger charge is 2.06. The third-order valence-electron chi connectivity index (χ3n) is 2.90. The molecule has 2 aromatic rings. The molecule has 0 saturated carbocycles. The molecule has 0 aliphatic rings. The first kappa shape index (κ1) is 14.5. The highest BCUT2D eigenvalue weighted by atomic mass is 127. The van der Waals surface area contributed by atoms with Gasteiger partial charge >= 0.3 is 0 Å². The van der Waals surface area contributed by atoms with E-state index in [1.807, 2.05) is 10.9 Å². The molecule has 3 nitrogen and oxygen atoms in total. The molecule has 0 unspecified atom stereocenters. The molecule has 0 amide bonds. The number of halogens is 1. The van der Waals surface area contributed by atoms with E-state index >= 15 is 0 Å². The maximum Gasteiger partial charge on any atom is 0.0691 e. The van der Waals surface area contributed by atoms with Gasteiger partial charge in [0.15, 0.2) is 0 Å². The third-order valence-corrected chi connectivity index (χ3v) is 3.46. The first-order valence-electron chi connectivity index (χ1n) is 6.57. The molecule has 0 radical (unpaired) electrons. The lowest BCUT2D eigenvalue weighted by molar-refractivity contribution is 0.551. The minimum atomic E-state index is 0.666. The predicted octanol–water partition coefficient (Wildman–Crippen LogP) is 3.53. The molecule has 0 saturated heterocycles. The van der Waals surface area contributed by atoms with Crippen LogP contribution in [0.5, 0.6) is 0 Å². The van der Waals surface area contributed by atoms with Crippen molar-refractivity contribution in [2.45, 2.75) is 27.3 Å². The van der Waals surface area contributed by atoms with Gasteiger partial charge in [0, 0.05) is 12.7 Å². The average molecular weight is 369 g/mol. The lowest BCUT2D eigenvalue weighted by atomic mass is 10.1. The quantitative estimate of drug-likeness (QED) is 0.818. The van der Waals surface area contributed by atoms with Gasteiger partial charge in [-0.2, -0.15) is 5.10 Å². The normalized spacial score (nSPS) is 11.2. The summed E-state index contributed by atoms with van der Waals surface area (Å²) < 4.78 is 3.10. The van der Waals surface area contributed by atoms with Gasteiger partial charge in [-0.1, -0.05) is 31.5 Å². The summed E-state index contributed by atoms with van der Waals surface area (Å²) in [6, 6.07) is 6.51. The van der Waals surface area contributed by atoms with Crippen LogP contribution in [0, 0.1) is 16.4 Å². The average Bonchev–Trinajstić information content (AvgIpc) is 2.75. The van der Waals surface area contributed by atoms with Crippen LogP contribution in [0.4, 0.5) is 0 Å². The minimum absolute atomic E-state index is 0.666. The first-order chi connectivity index (χ1) is 9.06. The van der Waals surface area contributed by atoms with Crippen molar-refractivity contribution in [2.75, 3.05) is 6.54 Å². The van der Waals surface area contributed by atoms with Crippen molar-refractivity contribution in [3.63, 3.8) is 0 Å². The summed E-state index contributed by atoms with van der Waals surface area (Å²) in [5, 5.41) is 7.90. The van der Waals surface area contributed by atoms with E-state index in [2.05, 4.69) is 78.2 Å². The van der Waals surface area contributed by atoms with Crippen molar-refractivity contribution in [1.29, 1.82) is 0 Å². The van der Waals surface area contributed by atoms with Gasteiger partial charge in [-0.05, 0) is 53.6 Å². The fraction of sp³-hybridized carbons (Fsp3) is 0.400. The molecule has 0 spiro atoms. The van der Waals surface area contributed by atoms with E-state index in [1.165, 1.54) is 11.1 Å². The van der Waals surface area contributed by atoms with Gasteiger partial charge in [-0.15, -0.1) is 0 Å². The van der Waals surface area contributed by atoms with Gasteiger partial charge in [-0.25, -0.2) is 4.68 Å². The van der Waals surface area contributed by atoms with Crippen molar-refractivity contribution in [3.8, 4) is 5.69 Å². The molecule has 2 rings (SSSR count). The molecular formula is C15H20IN3. The Labute approximate surface area is 128 Å². The highest BCUT2D eigenvalue weighted by Crippen LogP contribution is 2.17. The van der Waals surface area contributed by atoms with E-state index in [4.69, 9.17) is 0 Å².